The van der Waals surface area contributed by atoms with Crippen LogP contribution < -0.4 is 0 Å². The second kappa shape index (κ2) is 5.12. The predicted molar refractivity (Wildman–Crippen MR) is 63.3 cm³/mol. The van der Waals surface area contributed by atoms with E-state index in [1.807, 2.05) is 54.7 Å². The molecule has 0 saturated heterocycles. The Hall–Kier alpha value is -2.09. The number of hydrogen-bond acceptors (Lipinski definition) is 2. The maximum Gasteiger partial charge on any atom is 0.417 e. The molecule has 2 nitrogen and oxygen atoms in total. The van der Waals surface area contributed by atoms with Gasteiger partial charge < -0.3 is 4.74 Å². The van der Waals surface area contributed by atoms with Gasteiger partial charge in [-0.1, -0.05) is 54.7 Å². The van der Waals surface area contributed by atoms with Gasteiger partial charge in [0.2, 0.25) is 0 Å². The second-order valence-corrected chi connectivity index (χ2v) is 3.40. The SMILES string of the molecule is O=[C]OCC1=CC=CC=C2C=CC=CC=C21. The molecule has 0 heterocycles. The Morgan fingerprint density at radius 2 is 1.81 bits per heavy atom. The summed E-state index contributed by atoms with van der Waals surface area (Å²) in [6.45, 7) is 1.70. The van der Waals surface area contributed by atoms with Gasteiger partial charge in [-0.2, -0.15) is 0 Å². The summed E-state index contributed by atoms with van der Waals surface area (Å²) in [5, 5.41) is 0. The minimum atomic E-state index is 0.249. The molecule has 0 bridgehead atoms. The van der Waals surface area contributed by atoms with Crippen LogP contribution in [0.5, 0.6) is 0 Å². The molecule has 0 aliphatic heterocycles. The lowest BCUT2D eigenvalue weighted by Gasteiger charge is -2.09. The van der Waals surface area contributed by atoms with Crippen molar-refractivity contribution in [3.05, 3.63) is 71.4 Å². The third-order valence-corrected chi connectivity index (χ3v) is 2.39. The standard InChI is InChI=1S/C14H11O2/c15-11-16-10-13-8-5-4-7-12-6-2-1-3-9-14(12)13/h1-9H,10H2. The summed E-state index contributed by atoms with van der Waals surface area (Å²) in [6, 6.07) is 0. The molecule has 2 aliphatic rings. The highest BCUT2D eigenvalue weighted by Gasteiger charge is 2.10. The number of fused-ring (bicyclic) bond motifs is 1. The third kappa shape index (κ3) is 2.28. The Balaban J connectivity index is 2.34. The normalized spacial score (nSPS) is 17.6. The summed E-state index contributed by atoms with van der Waals surface area (Å²) in [4.78, 5) is 10.1. The van der Waals surface area contributed by atoms with E-state index in [4.69, 9.17) is 4.74 Å². The summed E-state index contributed by atoms with van der Waals surface area (Å²) in [5.74, 6) is 0. The fourth-order valence-electron chi connectivity index (χ4n) is 1.65. The zero-order valence-electron chi connectivity index (χ0n) is 8.72. The van der Waals surface area contributed by atoms with E-state index in [1.54, 1.807) is 0 Å². The van der Waals surface area contributed by atoms with Gasteiger partial charge in [0.25, 0.3) is 0 Å². The first-order chi connectivity index (χ1) is 7.92. The minimum absolute atomic E-state index is 0.249. The van der Waals surface area contributed by atoms with Crippen LogP contribution in [0.4, 0.5) is 0 Å². The Morgan fingerprint density at radius 3 is 2.69 bits per heavy atom. The summed E-state index contributed by atoms with van der Waals surface area (Å²) < 4.78 is 4.69. The molecule has 0 N–H and O–H groups in total. The zero-order chi connectivity index (χ0) is 11.2. The van der Waals surface area contributed by atoms with E-state index in [0.717, 1.165) is 16.7 Å². The van der Waals surface area contributed by atoms with Gasteiger partial charge in [-0.25, -0.2) is 4.79 Å². The van der Waals surface area contributed by atoms with E-state index in [-0.39, 0.29) is 6.61 Å². The summed E-state index contributed by atoms with van der Waals surface area (Å²) in [5.41, 5.74) is 3.16. The smallest absolute Gasteiger partial charge is 0.417 e. The highest BCUT2D eigenvalue weighted by atomic mass is 16.5. The molecule has 1 radical (unpaired) electrons. The largest absolute Gasteiger partial charge is 0.452 e. The number of ether oxygens (including phenoxy) is 1. The second-order valence-electron chi connectivity index (χ2n) is 3.40. The van der Waals surface area contributed by atoms with Crippen molar-refractivity contribution >= 4 is 6.47 Å². The third-order valence-electron chi connectivity index (χ3n) is 2.39. The van der Waals surface area contributed by atoms with Crippen LogP contribution in [-0.4, -0.2) is 13.1 Å². The van der Waals surface area contributed by atoms with Crippen molar-refractivity contribution in [2.24, 2.45) is 0 Å². The van der Waals surface area contributed by atoms with E-state index in [1.165, 1.54) is 6.47 Å². The van der Waals surface area contributed by atoms with E-state index in [2.05, 4.69) is 0 Å². The van der Waals surface area contributed by atoms with Gasteiger partial charge in [0, 0.05) is 0 Å². The highest BCUT2D eigenvalue weighted by molar-refractivity contribution is 5.59. The molecule has 0 aromatic rings. The molecule has 2 rings (SSSR count). The fraction of sp³-hybridized carbons (Fsp3) is 0.0714. The topological polar surface area (TPSA) is 26.3 Å². The average Bonchev–Trinajstić information content (AvgIpc) is 2.62. The van der Waals surface area contributed by atoms with Crippen LogP contribution in [0.2, 0.25) is 0 Å². The maximum atomic E-state index is 10.1. The minimum Gasteiger partial charge on any atom is -0.452 e. The van der Waals surface area contributed by atoms with Crippen LogP contribution in [0.25, 0.3) is 0 Å². The molecule has 0 fully saturated rings. The quantitative estimate of drug-likeness (QED) is 0.717. The van der Waals surface area contributed by atoms with Crippen LogP contribution in [0, 0.1) is 0 Å². The molecule has 16 heavy (non-hydrogen) atoms. The molecule has 0 saturated carbocycles. The molecule has 2 aliphatic carbocycles. The van der Waals surface area contributed by atoms with Crippen molar-refractivity contribution in [2.75, 3.05) is 6.61 Å². The molecule has 0 spiro atoms. The van der Waals surface area contributed by atoms with Crippen molar-refractivity contribution in [3.63, 3.8) is 0 Å². The molecular weight excluding hydrogens is 200 g/mol. The van der Waals surface area contributed by atoms with Crippen molar-refractivity contribution < 1.29 is 9.53 Å². The first-order valence-corrected chi connectivity index (χ1v) is 5.04. The molecule has 79 valence electrons. The van der Waals surface area contributed by atoms with E-state index >= 15 is 0 Å². The van der Waals surface area contributed by atoms with Gasteiger partial charge in [0.05, 0.1) is 0 Å². The van der Waals surface area contributed by atoms with Crippen molar-refractivity contribution in [1.82, 2.24) is 0 Å². The Labute approximate surface area is 94.6 Å². The van der Waals surface area contributed by atoms with Crippen LogP contribution in [0.1, 0.15) is 0 Å². The molecule has 0 unspecified atom stereocenters. The molecule has 0 atom stereocenters. The van der Waals surface area contributed by atoms with Gasteiger partial charge in [-0.15, -0.1) is 0 Å². The summed E-state index contributed by atoms with van der Waals surface area (Å²) in [7, 11) is 0. The molecule has 0 aromatic heterocycles. The van der Waals surface area contributed by atoms with Crippen molar-refractivity contribution in [1.29, 1.82) is 0 Å². The lowest BCUT2D eigenvalue weighted by molar-refractivity contribution is 0.307. The maximum absolute atomic E-state index is 10.1. The van der Waals surface area contributed by atoms with Crippen LogP contribution >= 0.6 is 0 Å². The number of carbonyl (C=O) groups excluding carboxylic acids is 1. The van der Waals surface area contributed by atoms with Gasteiger partial charge in [-0.05, 0) is 16.7 Å². The number of hydrogen-bond donors (Lipinski definition) is 0. The predicted octanol–water partition coefficient (Wildman–Crippen LogP) is 2.55. The first kappa shape index (κ1) is 10.4. The van der Waals surface area contributed by atoms with E-state index < -0.39 is 0 Å². The van der Waals surface area contributed by atoms with Crippen molar-refractivity contribution in [2.45, 2.75) is 0 Å². The first-order valence-electron chi connectivity index (χ1n) is 5.04. The van der Waals surface area contributed by atoms with Gasteiger partial charge in [0.1, 0.15) is 6.61 Å². The van der Waals surface area contributed by atoms with Gasteiger partial charge in [0.15, 0.2) is 0 Å². The lowest BCUT2D eigenvalue weighted by atomic mass is 9.98. The van der Waals surface area contributed by atoms with Gasteiger partial charge in [-0.3, -0.25) is 0 Å². The van der Waals surface area contributed by atoms with Crippen LogP contribution in [0.3, 0.4) is 0 Å². The molecule has 0 aromatic carbocycles. The Morgan fingerprint density at radius 1 is 1.00 bits per heavy atom. The lowest BCUT2D eigenvalue weighted by Crippen LogP contribution is -2.00. The fourth-order valence-corrected chi connectivity index (χ4v) is 1.65. The summed E-state index contributed by atoms with van der Waals surface area (Å²) in [6.07, 6.45) is 17.8. The Kier molecular flexibility index (Phi) is 3.34. The van der Waals surface area contributed by atoms with Crippen LogP contribution in [-0.2, 0) is 9.53 Å². The Bertz CT molecular complexity index is 457. The molecular formula is C14H11O2. The average molecular weight is 211 g/mol. The van der Waals surface area contributed by atoms with E-state index in [9.17, 15) is 4.79 Å². The molecule has 0 amide bonds. The number of rotatable bonds is 3. The van der Waals surface area contributed by atoms with Crippen molar-refractivity contribution in [3.8, 4) is 0 Å². The number of allylic oxidation sites excluding steroid dienone is 10. The molecule has 2 heteroatoms. The summed E-state index contributed by atoms with van der Waals surface area (Å²) >= 11 is 0. The zero-order valence-corrected chi connectivity index (χ0v) is 8.72. The highest BCUT2D eigenvalue weighted by Crippen LogP contribution is 2.25. The van der Waals surface area contributed by atoms with Crippen LogP contribution in [0.15, 0.2) is 71.4 Å². The van der Waals surface area contributed by atoms with Gasteiger partial charge >= 0.3 is 6.47 Å². The van der Waals surface area contributed by atoms with E-state index in [0.29, 0.717) is 0 Å². The monoisotopic (exact) mass is 211 g/mol.